The van der Waals surface area contributed by atoms with Crippen LogP contribution in [0.15, 0.2) is 53.3 Å². The van der Waals surface area contributed by atoms with Crippen LogP contribution in [0.1, 0.15) is 13.8 Å². The van der Waals surface area contributed by atoms with Crippen LogP contribution in [-0.4, -0.2) is 28.5 Å². The summed E-state index contributed by atoms with van der Waals surface area (Å²) >= 11 is 2.19. The lowest BCUT2D eigenvalue weighted by atomic mass is 10.2. The predicted molar refractivity (Wildman–Crippen MR) is 117 cm³/mol. The highest BCUT2D eigenvalue weighted by molar-refractivity contribution is 14.1. The number of carbonyl (C=O) groups excluding carboxylic acids is 1. The molecule has 0 saturated heterocycles. The minimum absolute atomic E-state index is 0.0678. The summed E-state index contributed by atoms with van der Waals surface area (Å²) in [4.78, 5) is 32.1. The molecule has 0 spiro atoms. The molecule has 0 fully saturated rings. The Bertz CT molecular complexity index is 1030. The third-order valence-corrected chi connectivity index (χ3v) is 4.98. The fraction of sp³-hybridized carbons (Fsp3) is 0.250. The van der Waals surface area contributed by atoms with Crippen molar-refractivity contribution in [3.63, 3.8) is 0 Å². The zero-order valence-corrected chi connectivity index (χ0v) is 17.4. The molecule has 0 aliphatic heterocycles. The van der Waals surface area contributed by atoms with E-state index in [-0.39, 0.29) is 18.0 Å². The average molecular weight is 476 g/mol. The molecule has 140 valence electrons. The van der Waals surface area contributed by atoms with Crippen LogP contribution in [0.3, 0.4) is 0 Å². The van der Waals surface area contributed by atoms with Crippen molar-refractivity contribution in [3.05, 3.63) is 62.5 Å². The number of nitrogens with zero attached hydrogens (tertiary/aromatic N) is 3. The standard InChI is InChI=1S/C20H21IN4O2/c1-3-24(4-2)19-20(27)25(17-11-6-5-10-16(17)23-19)13-18(26)22-15-9-7-8-14(21)12-15/h5-12H,3-4,13H2,1-2H3,(H,22,26). The zero-order chi connectivity index (χ0) is 19.4. The highest BCUT2D eigenvalue weighted by atomic mass is 127. The summed E-state index contributed by atoms with van der Waals surface area (Å²) in [6, 6.07) is 14.9. The number of amides is 1. The number of hydrogen-bond donors (Lipinski definition) is 1. The molecule has 7 heteroatoms. The summed E-state index contributed by atoms with van der Waals surface area (Å²) in [7, 11) is 0. The number of rotatable bonds is 6. The molecule has 27 heavy (non-hydrogen) atoms. The molecule has 0 unspecified atom stereocenters. The molecule has 0 saturated carbocycles. The van der Waals surface area contributed by atoms with E-state index >= 15 is 0 Å². The van der Waals surface area contributed by atoms with Gasteiger partial charge in [0.15, 0.2) is 5.82 Å². The molecule has 6 nitrogen and oxygen atoms in total. The van der Waals surface area contributed by atoms with E-state index in [1.54, 1.807) is 0 Å². The summed E-state index contributed by atoms with van der Waals surface area (Å²) in [5, 5.41) is 2.86. The van der Waals surface area contributed by atoms with Crippen LogP contribution >= 0.6 is 22.6 Å². The number of fused-ring (bicyclic) bond motifs is 1. The van der Waals surface area contributed by atoms with Crippen LogP contribution in [0.2, 0.25) is 0 Å². The van der Waals surface area contributed by atoms with E-state index in [0.717, 1.165) is 3.57 Å². The van der Waals surface area contributed by atoms with Gasteiger partial charge in [-0.3, -0.25) is 14.2 Å². The SMILES string of the molecule is CCN(CC)c1nc2ccccc2n(CC(=O)Nc2cccc(I)c2)c1=O. The molecule has 0 aliphatic carbocycles. The van der Waals surface area contributed by atoms with Crippen LogP contribution in [0.5, 0.6) is 0 Å². The Kier molecular flexibility index (Phi) is 6.10. The first-order valence-electron chi connectivity index (χ1n) is 8.83. The number of nitrogens with one attached hydrogen (secondary N) is 1. The number of halogens is 1. The lowest BCUT2D eigenvalue weighted by Crippen LogP contribution is -2.35. The first-order valence-corrected chi connectivity index (χ1v) is 9.91. The minimum Gasteiger partial charge on any atom is -0.353 e. The molecule has 1 N–H and O–H groups in total. The van der Waals surface area contributed by atoms with Crippen LogP contribution in [0.4, 0.5) is 11.5 Å². The number of anilines is 2. The maximum absolute atomic E-state index is 13.1. The van der Waals surface area contributed by atoms with Gasteiger partial charge < -0.3 is 10.2 Å². The summed E-state index contributed by atoms with van der Waals surface area (Å²) in [5.74, 6) is 0.127. The summed E-state index contributed by atoms with van der Waals surface area (Å²) in [6.45, 7) is 5.24. The van der Waals surface area contributed by atoms with E-state index in [4.69, 9.17) is 0 Å². The van der Waals surface area contributed by atoms with Crippen molar-refractivity contribution in [3.8, 4) is 0 Å². The Morgan fingerprint density at radius 2 is 1.89 bits per heavy atom. The van der Waals surface area contributed by atoms with Gasteiger partial charge in [-0.05, 0) is 66.8 Å². The van der Waals surface area contributed by atoms with Gasteiger partial charge in [-0.2, -0.15) is 0 Å². The second-order valence-corrected chi connectivity index (χ2v) is 7.29. The van der Waals surface area contributed by atoms with Crippen LogP contribution in [-0.2, 0) is 11.3 Å². The van der Waals surface area contributed by atoms with Gasteiger partial charge in [0.25, 0.3) is 5.56 Å². The maximum Gasteiger partial charge on any atom is 0.294 e. The maximum atomic E-state index is 13.1. The first-order chi connectivity index (χ1) is 13.0. The van der Waals surface area contributed by atoms with Crippen molar-refractivity contribution in [2.45, 2.75) is 20.4 Å². The second-order valence-electron chi connectivity index (χ2n) is 6.05. The Labute approximate surface area is 171 Å². The molecule has 1 aromatic heterocycles. The number of hydrogen-bond acceptors (Lipinski definition) is 4. The lowest BCUT2D eigenvalue weighted by Gasteiger charge is -2.21. The largest absolute Gasteiger partial charge is 0.353 e. The van der Waals surface area contributed by atoms with E-state index in [2.05, 4.69) is 32.9 Å². The van der Waals surface area contributed by atoms with E-state index in [0.29, 0.717) is 35.6 Å². The molecule has 3 aromatic rings. The monoisotopic (exact) mass is 476 g/mol. The van der Waals surface area contributed by atoms with Gasteiger partial charge in [0.2, 0.25) is 5.91 Å². The van der Waals surface area contributed by atoms with Gasteiger partial charge in [0, 0.05) is 22.3 Å². The average Bonchev–Trinajstić information content (AvgIpc) is 2.65. The highest BCUT2D eigenvalue weighted by Gasteiger charge is 2.17. The number of para-hydroxylation sites is 2. The Hall–Kier alpha value is -2.42. The van der Waals surface area contributed by atoms with Gasteiger partial charge in [-0.1, -0.05) is 18.2 Å². The molecule has 3 rings (SSSR count). The Balaban J connectivity index is 2.00. The van der Waals surface area contributed by atoms with Crippen molar-refractivity contribution in [2.24, 2.45) is 0 Å². The van der Waals surface area contributed by atoms with Gasteiger partial charge in [0.05, 0.1) is 11.0 Å². The number of carbonyl (C=O) groups is 1. The van der Waals surface area contributed by atoms with E-state index in [1.165, 1.54) is 4.57 Å². The number of benzene rings is 2. The van der Waals surface area contributed by atoms with Gasteiger partial charge in [0.1, 0.15) is 6.54 Å². The molecule has 0 bridgehead atoms. The molecular weight excluding hydrogens is 455 g/mol. The molecular formula is C20H21IN4O2. The van der Waals surface area contributed by atoms with E-state index < -0.39 is 0 Å². The van der Waals surface area contributed by atoms with Crippen LogP contribution < -0.4 is 15.8 Å². The normalized spacial score (nSPS) is 10.8. The van der Waals surface area contributed by atoms with Crippen molar-refractivity contribution < 1.29 is 4.79 Å². The van der Waals surface area contributed by atoms with Gasteiger partial charge in [-0.15, -0.1) is 0 Å². The zero-order valence-electron chi connectivity index (χ0n) is 15.3. The molecule has 2 aromatic carbocycles. The Morgan fingerprint density at radius 1 is 1.15 bits per heavy atom. The highest BCUT2D eigenvalue weighted by Crippen LogP contribution is 2.16. The smallest absolute Gasteiger partial charge is 0.294 e. The van der Waals surface area contributed by atoms with Crippen molar-refractivity contribution in [2.75, 3.05) is 23.3 Å². The molecule has 0 radical (unpaired) electrons. The van der Waals surface area contributed by atoms with Crippen molar-refractivity contribution in [1.29, 1.82) is 0 Å². The summed E-state index contributed by atoms with van der Waals surface area (Å²) in [6.07, 6.45) is 0. The molecule has 0 atom stereocenters. The van der Waals surface area contributed by atoms with E-state index in [1.807, 2.05) is 67.3 Å². The quantitative estimate of drug-likeness (QED) is 0.554. The lowest BCUT2D eigenvalue weighted by molar-refractivity contribution is -0.116. The topological polar surface area (TPSA) is 67.2 Å². The molecule has 0 aliphatic rings. The van der Waals surface area contributed by atoms with Crippen LogP contribution in [0, 0.1) is 3.57 Å². The molecule has 1 amide bonds. The number of aromatic nitrogens is 2. The predicted octanol–water partition coefficient (Wildman–Crippen LogP) is 3.49. The van der Waals surface area contributed by atoms with Gasteiger partial charge in [-0.25, -0.2) is 4.98 Å². The summed E-state index contributed by atoms with van der Waals surface area (Å²) < 4.78 is 2.53. The second kappa shape index (κ2) is 8.51. The Morgan fingerprint density at radius 3 is 2.59 bits per heavy atom. The fourth-order valence-corrected chi connectivity index (χ4v) is 3.52. The first kappa shape index (κ1) is 19.3. The van der Waals surface area contributed by atoms with Gasteiger partial charge >= 0.3 is 0 Å². The van der Waals surface area contributed by atoms with Crippen molar-refractivity contribution in [1.82, 2.24) is 9.55 Å². The minimum atomic E-state index is -0.254. The fourth-order valence-electron chi connectivity index (χ4n) is 2.98. The summed E-state index contributed by atoms with van der Waals surface area (Å²) in [5.41, 5.74) is 1.80. The van der Waals surface area contributed by atoms with Crippen LogP contribution in [0.25, 0.3) is 11.0 Å². The molecule has 1 heterocycles. The van der Waals surface area contributed by atoms with E-state index in [9.17, 15) is 9.59 Å². The third kappa shape index (κ3) is 4.29. The van der Waals surface area contributed by atoms with Crippen molar-refractivity contribution >= 4 is 51.0 Å². The third-order valence-electron chi connectivity index (χ3n) is 4.31.